The molecule has 1 aliphatic rings. The van der Waals surface area contributed by atoms with Gasteiger partial charge in [-0.15, -0.1) is 0 Å². The Kier molecular flexibility index (Phi) is 6.99. The molecule has 2 unspecified atom stereocenters. The summed E-state index contributed by atoms with van der Waals surface area (Å²) in [6, 6.07) is 0.202. The van der Waals surface area contributed by atoms with Crippen molar-refractivity contribution < 1.29 is 14.3 Å². The van der Waals surface area contributed by atoms with Gasteiger partial charge in [0, 0.05) is 25.0 Å². The van der Waals surface area contributed by atoms with E-state index in [2.05, 4.69) is 0 Å². The molecular weight excluding hydrogens is 256 g/mol. The third-order valence-electron chi connectivity index (χ3n) is 4.06. The van der Waals surface area contributed by atoms with Crippen molar-refractivity contribution in [3.05, 3.63) is 0 Å². The van der Waals surface area contributed by atoms with E-state index in [9.17, 15) is 9.59 Å². The molecule has 1 rings (SSSR count). The van der Waals surface area contributed by atoms with Crippen LogP contribution in [0.3, 0.4) is 0 Å². The summed E-state index contributed by atoms with van der Waals surface area (Å²) in [6.45, 7) is 5.30. The molecule has 2 atom stereocenters. The summed E-state index contributed by atoms with van der Waals surface area (Å²) in [7, 11) is 1.42. The van der Waals surface area contributed by atoms with Gasteiger partial charge in [-0.25, -0.2) is 0 Å². The van der Waals surface area contributed by atoms with Crippen LogP contribution in [0.5, 0.6) is 0 Å². The summed E-state index contributed by atoms with van der Waals surface area (Å²) < 4.78 is 4.75. The van der Waals surface area contributed by atoms with E-state index in [-0.39, 0.29) is 29.8 Å². The molecular formula is C15H28N2O3. The fraction of sp³-hybridized carbons (Fsp3) is 0.867. The Labute approximate surface area is 121 Å². The lowest BCUT2D eigenvalue weighted by atomic mass is 9.94. The Morgan fingerprint density at radius 2 is 1.85 bits per heavy atom. The number of amides is 1. The van der Waals surface area contributed by atoms with Gasteiger partial charge in [-0.3, -0.25) is 9.59 Å². The van der Waals surface area contributed by atoms with Crippen LogP contribution >= 0.6 is 0 Å². The number of nitrogens with two attached hydrogens (primary N) is 1. The molecule has 0 aliphatic carbocycles. The molecule has 5 heteroatoms. The maximum absolute atomic E-state index is 12.3. The minimum absolute atomic E-state index is 0.0440. The van der Waals surface area contributed by atoms with Gasteiger partial charge >= 0.3 is 5.97 Å². The van der Waals surface area contributed by atoms with Crippen molar-refractivity contribution in [1.29, 1.82) is 0 Å². The smallest absolute Gasteiger partial charge is 0.308 e. The van der Waals surface area contributed by atoms with Gasteiger partial charge in [0.25, 0.3) is 0 Å². The zero-order chi connectivity index (χ0) is 15.1. The minimum atomic E-state index is -0.151. The summed E-state index contributed by atoms with van der Waals surface area (Å²) in [5.41, 5.74) is 5.72. The molecule has 1 aliphatic heterocycles. The number of carbonyl (C=O) groups excluding carboxylic acids is 2. The van der Waals surface area contributed by atoms with Crippen LogP contribution in [0.4, 0.5) is 0 Å². The largest absolute Gasteiger partial charge is 0.469 e. The maximum atomic E-state index is 12.3. The molecule has 0 bridgehead atoms. The molecule has 0 aromatic carbocycles. The molecule has 1 heterocycles. The van der Waals surface area contributed by atoms with Gasteiger partial charge in [-0.05, 0) is 32.6 Å². The fourth-order valence-corrected chi connectivity index (χ4v) is 2.68. The van der Waals surface area contributed by atoms with Crippen LogP contribution in [0.25, 0.3) is 0 Å². The van der Waals surface area contributed by atoms with E-state index in [0.29, 0.717) is 25.9 Å². The number of methoxy groups -OCH3 is 1. The van der Waals surface area contributed by atoms with E-state index in [1.807, 2.05) is 18.7 Å². The lowest BCUT2D eigenvalue weighted by Crippen LogP contribution is -2.42. The summed E-state index contributed by atoms with van der Waals surface area (Å²) >= 11 is 0. The number of nitrogens with zero attached hydrogens (tertiary/aromatic N) is 1. The standard InChI is InChI=1S/C15H28N2O3/c1-11(5-4-6-12(2)16)14(18)17-9-7-13(8-10-17)15(19)20-3/h11-13H,4-10,16H2,1-3H3. The van der Waals surface area contributed by atoms with Gasteiger partial charge < -0.3 is 15.4 Å². The van der Waals surface area contributed by atoms with Crippen LogP contribution in [0.15, 0.2) is 0 Å². The normalized spacial score (nSPS) is 19.5. The van der Waals surface area contributed by atoms with E-state index >= 15 is 0 Å². The van der Waals surface area contributed by atoms with Crippen LogP contribution in [0.2, 0.25) is 0 Å². The van der Waals surface area contributed by atoms with Gasteiger partial charge in [0.15, 0.2) is 0 Å². The molecule has 0 radical (unpaired) electrons. The Balaban J connectivity index is 2.32. The fourth-order valence-electron chi connectivity index (χ4n) is 2.68. The molecule has 1 fully saturated rings. The highest BCUT2D eigenvalue weighted by Gasteiger charge is 2.29. The van der Waals surface area contributed by atoms with Crippen molar-refractivity contribution in [3.63, 3.8) is 0 Å². The topological polar surface area (TPSA) is 72.6 Å². The second kappa shape index (κ2) is 8.25. The van der Waals surface area contributed by atoms with Gasteiger partial charge in [0.2, 0.25) is 5.91 Å². The zero-order valence-electron chi connectivity index (χ0n) is 12.9. The average Bonchev–Trinajstić information content (AvgIpc) is 2.45. The highest BCUT2D eigenvalue weighted by Crippen LogP contribution is 2.21. The van der Waals surface area contributed by atoms with E-state index in [1.54, 1.807) is 0 Å². The van der Waals surface area contributed by atoms with E-state index in [1.165, 1.54) is 7.11 Å². The molecule has 2 N–H and O–H groups in total. The molecule has 0 saturated carbocycles. The van der Waals surface area contributed by atoms with Crippen molar-refractivity contribution in [1.82, 2.24) is 4.90 Å². The number of hydrogen-bond acceptors (Lipinski definition) is 4. The summed E-state index contributed by atoms with van der Waals surface area (Å²) in [4.78, 5) is 25.6. The molecule has 20 heavy (non-hydrogen) atoms. The summed E-state index contributed by atoms with van der Waals surface area (Å²) in [5.74, 6) is 0.0564. The molecule has 0 spiro atoms. The first-order valence-corrected chi connectivity index (χ1v) is 7.58. The number of hydrogen-bond donors (Lipinski definition) is 1. The van der Waals surface area contributed by atoms with Gasteiger partial charge in [0.05, 0.1) is 13.0 Å². The van der Waals surface area contributed by atoms with Crippen LogP contribution in [0.1, 0.15) is 46.0 Å². The summed E-state index contributed by atoms with van der Waals surface area (Å²) in [5, 5.41) is 0. The number of rotatable bonds is 6. The molecule has 0 aromatic rings. The molecule has 0 aromatic heterocycles. The number of carbonyl (C=O) groups is 2. The lowest BCUT2D eigenvalue weighted by Gasteiger charge is -2.32. The first-order chi connectivity index (χ1) is 9.45. The van der Waals surface area contributed by atoms with Gasteiger partial charge in [0.1, 0.15) is 0 Å². The van der Waals surface area contributed by atoms with Crippen molar-refractivity contribution in [2.24, 2.45) is 17.6 Å². The third-order valence-corrected chi connectivity index (χ3v) is 4.06. The van der Waals surface area contributed by atoms with E-state index < -0.39 is 0 Å². The molecule has 116 valence electrons. The van der Waals surface area contributed by atoms with Crippen LogP contribution in [-0.4, -0.2) is 43.0 Å². The van der Waals surface area contributed by atoms with Crippen molar-refractivity contribution in [3.8, 4) is 0 Å². The highest BCUT2D eigenvalue weighted by atomic mass is 16.5. The monoisotopic (exact) mass is 284 g/mol. The number of ether oxygens (including phenoxy) is 1. The highest BCUT2D eigenvalue weighted by molar-refractivity contribution is 5.79. The number of esters is 1. The first kappa shape index (κ1) is 17.0. The second-order valence-corrected chi connectivity index (χ2v) is 5.93. The average molecular weight is 284 g/mol. The first-order valence-electron chi connectivity index (χ1n) is 7.58. The van der Waals surface area contributed by atoms with Crippen LogP contribution < -0.4 is 5.73 Å². The maximum Gasteiger partial charge on any atom is 0.308 e. The Morgan fingerprint density at radius 3 is 2.35 bits per heavy atom. The number of likely N-dealkylation sites (tertiary alicyclic amines) is 1. The van der Waals surface area contributed by atoms with Crippen LogP contribution in [0, 0.1) is 11.8 Å². The molecule has 5 nitrogen and oxygen atoms in total. The van der Waals surface area contributed by atoms with Gasteiger partial charge in [-0.2, -0.15) is 0 Å². The third kappa shape index (κ3) is 5.12. The summed E-state index contributed by atoms with van der Waals surface area (Å²) in [6.07, 6.45) is 4.26. The van der Waals surface area contributed by atoms with Crippen molar-refractivity contribution in [2.75, 3.05) is 20.2 Å². The molecule has 1 amide bonds. The Hall–Kier alpha value is -1.10. The number of piperidine rings is 1. The molecule has 1 saturated heterocycles. The second-order valence-electron chi connectivity index (χ2n) is 5.93. The van der Waals surface area contributed by atoms with E-state index in [4.69, 9.17) is 10.5 Å². The predicted molar refractivity (Wildman–Crippen MR) is 78.0 cm³/mol. The van der Waals surface area contributed by atoms with Crippen molar-refractivity contribution in [2.45, 2.75) is 52.0 Å². The van der Waals surface area contributed by atoms with Crippen LogP contribution in [-0.2, 0) is 14.3 Å². The SMILES string of the molecule is COC(=O)C1CCN(C(=O)C(C)CCCC(C)N)CC1. The Bertz CT molecular complexity index is 323. The van der Waals surface area contributed by atoms with Crippen molar-refractivity contribution >= 4 is 11.9 Å². The quantitative estimate of drug-likeness (QED) is 0.751. The zero-order valence-corrected chi connectivity index (χ0v) is 12.9. The van der Waals surface area contributed by atoms with E-state index in [0.717, 1.165) is 19.3 Å². The lowest BCUT2D eigenvalue weighted by molar-refractivity contribution is -0.149. The minimum Gasteiger partial charge on any atom is -0.469 e. The Morgan fingerprint density at radius 1 is 1.25 bits per heavy atom. The van der Waals surface area contributed by atoms with Gasteiger partial charge in [-0.1, -0.05) is 13.3 Å². The predicted octanol–water partition coefficient (Wildman–Crippen LogP) is 1.55.